The Bertz CT molecular complexity index is 3100. The van der Waals surface area contributed by atoms with Gasteiger partial charge in [-0.15, -0.1) is 0 Å². The standard InChI is InChI=1S/C55H40N2/c1-55(2)47-26-12-8-21-42(47)45-25-16-30-52(54(45)55)56(40-34-31-38(32-35-40)37-17-4-3-5-18-37)50-29-15-11-24-46(50)53-41-20-7-6-19-39(41)33-36-51(53)57-48-27-13-9-22-43(48)44-23-10-14-28-49(44)57/h3-36H,1-2H3. The lowest BCUT2D eigenvalue weighted by atomic mass is 9.81. The molecule has 1 aliphatic rings. The van der Waals surface area contributed by atoms with Crippen LogP contribution in [0, 0.1) is 0 Å². The molecule has 0 atom stereocenters. The molecule has 0 radical (unpaired) electrons. The van der Waals surface area contributed by atoms with Crippen molar-refractivity contribution in [2.24, 2.45) is 0 Å². The quantitative estimate of drug-likeness (QED) is 0.165. The highest BCUT2D eigenvalue weighted by atomic mass is 15.1. The van der Waals surface area contributed by atoms with Crippen LogP contribution < -0.4 is 4.90 Å². The van der Waals surface area contributed by atoms with Crippen molar-refractivity contribution in [1.29, 1.82) is 0 Å². The molecular formula is C55H40N2. The predicted molar refractivity (Wildman–Crippen MR) is 241 cm³/mol. The number of fused-ring (bicyclic) bond motifs is 7. The molecule has 0 saturated carbocycles. The van der Waals surface area contributed by atoms with Gasteiger partial charge in [0.25, 0.3) is 0 Å². The molecule has 10 aromatic rings. The minimum Gasteiger partial charge on any atom is -0.310 e. The maximum absolute atomic E-state index is 2.52. The average Bonchev–Trinajstić information content (AvgIpc) is 3.73. The molecule has 0 N–H and O–H groups in total. The van der Waals surface area contributed by atoms with Crippen LogP contribution in [0.25, 0.3) is 71.6 Å². The van der Waals surface area contributed by atoms with Crippen molar-refractivity contribution in [3.8, 4) is 39.1 Å². The van der Waals surface area contributed by atoms with E-state index >= 15 is 0 Å². The van der Waals surface area contributed by atoms with Gasteiger partial charge in [-0.1, -0.05) is 178 Å². The van der Waals surface area contributed by atoms with E-state index in [1.165, 1.54) is 82.8 Å². The summed E-state index contributed by atoms with van der Waals surface area (Å²) in [5.41, 5.74) is 16.9. The number of hydrogen-bond donors (Lipinski definition) is 0. The minimum absolute atomic E-state index is 0.215. The van der Waals surface area contributed by atoms with Gasteiger partial charge in [0.1, 0.15) is 0 Å². The molecule has 0 amide bonds. The van der Waals surface area contributed by atoms with Gasteiger partial charge in [-0.25, -0.2) is 0 Å². The summed E-state index contributed by atoms with van der Waals surface area (Å²) < 4.78 is 2.47. The highest BCUT2D eigenvalue weighted by Crippen LogP contribution is 2.55. The first-order valence-electron chi connectivity index (χ1n) is 19.9. The Kier molecular flexibility index (Phi) is 7.55. The number of anilines is 3. The van der Waals surface area contributed by atoms with Crippen molar-refractivity contribution in [1.82, 2.24) is 4.57 Å². The zero-order valence-corrected chi connectivity index (χ0v) is 32.0. The topological polar surface area (TPSA) is 8.17 Å². The fourth-order valence-corrected chi connectivity index (χ4v) is 9.64. The van der Waals surface area contributed by atoms with E-state index in [2.05, 4.69) is 230 Å². The molecule has 2 heteroatoms. The van der Waals surface area contributed by atoms with E-state index in [1.807, 2.05) is 0 Å². The monoisotopic (exact) mass is 728 g/mol. The molecule has 9 aromatic carbocycles. The third-order valence-corrected chi connectivity index (χ3v) is 12.2. The van der Waals surface area contributed by atoms with Crippen LogP contribution >= 0.6 is 0 Å². The van der Waals surface area contributed by atoms with Crippen LogP contribution in [0.15, 0.2) is 206 Å². The molecule has 1 heterocycles. The Morgan fingerprint density at radius 1 is 0.404 bits per heavy atom. The molecule has 0 bridgehead atoms. The second-order valence-electron chi connectivity index (χ2n) is 15.7. The van der Waals surface area contributed by atoms with Gasteiger partial charge < -0.3 is 9.47 Å². The predicted octanol–water partition coefficient (Wildman–Crippen LogP) is 15.0. The number of benzene rings is 9. The molecular weight excluding hydrogens is 689 g/mol. The second kappa shape index (κ2) is 13.0. The summed E-state index contributed by atoms with van der Waals surface area (Å²) in [6.07, 6.45) is 0. The Labute approximate surface area is 333 Å². The minimum atomic E-state index is -0.215. The van der Waals surface area contributed by atoms with Crippen LogP contribution in [0.4, 0.5) is 17.1 Å². The van der Waals surface area contributed by atoms with Gasteiger partial charge in [-0.05, 0) is 86.6 Å². The molecule has 0 spiro atoms. The van der Waals surface area contributed by atoms with E-state index in [-0.39, 0.29) is 5.41 Å². The smallest absolute Gasteiger partial charge is 0.0547 e. The summed E-state index contributed by atoms with van der Waals surface area (Å²) >= 11 is 0. The van der Waals surface area contributed by atoms with Crippen LogP contribution in [-0.4, -0.2) is 4.57 Å². The van der Waals surface area contributed by atoms with E-state index in [1.54, 1.807) is 0 Å². The largest absolute Gasteiger partial charge is 0.310 e. The van der Waals surface area contributed by atoms with Gasteiger partial charge in [-0.3, -0.25) is 0 Å². The molecule has 0 aliphatic heterocycles. The summed E-state index contributed by atoms with van der Waals surface area (Å²) in [7, 11) is 0. The molecule has 2 nitrogen and oxygen atoms in total. The third kappa shape index (κ3) is 5.11. The van der Waals surface area contributed by atoms with Crippen LogP contribution in [0.3, 0.4) is 0 Å². The first kappa shape index (κ1) is 33.2. The molecule has 0 fully saturated rings. The highest BCUT2D eigenvalue weighted by Gasteiger charge is 2.39. The van der Waals surface area contributed by atoms with E-state index < -0.39 is 0 Å². The van der Waals surface area contributed by atoms with Gasteiger partial charge >= 0.3 is 0 Å². The van der Waals surface area contributed by atoms with E-state index in [0.29, 0.717) is 0 Å². The first-order valence-corrected chi connectivity index (χ1v) is 19.9. The molecule has 1 aromatic heterocycles. The summed E-state index contributed by atoms with van der Waals surface area (Å²) in [6, 6.07) is 75.7. The first-order chi connectivity index (χ1) is 28.1. The summed E-state index contributed by atoms with van der Waals surface area (Å²) in [4.78, 5) is 2.52. The fraction of sp³-hybridized carbons (Fsp3) is 0.0545. The number of hydrogen-bond acceptors (Lipinski definition) is 1. The molecule has 0 saturated heterocycles. The third-order valence-electron chi connectivity index (χ3n) is 12.2. The molecule has 1 aliphatic carbocycles. The summed E-state index contributed by atoms with van der Waals surface area (Å²) in [5.74, 6) is 0. The molecule has 57 heavy (non-hydrogen) atoms. The Hall–Kier alpha value is -7.16. The zero-order chi connectivity index (χ0) is 38.1. The van der Waals surface area contributed by atoms with Crippen molar-refractivity contribution in [2.75, 3.05) is 4.90 Å². The van der Waals surface area contributed by atoms with Crippen molar-refractivity contribution < 1.29 is 0 Å². The lowest BCUT2D eigenvalue weighted by molar-refractivity contribution is 0.661. The van der Waals surface area contributed by atoms with Crippen molar-refractivity contribution >= 4 is 49.6 Å². The normalized spacial score (nSPS) is 12.9. The van der Waals surface area contributed by atoms with Crippen LogP contribution in [0.1, 0.15) is 25.0 Å². The van der Waals surface area contributed by atoms with E-state index in [4.69, 9.17) is 0 Å². The SMILES string of the molecule is CC1(C)c2ccccc2-c2cccc(N(c3ccc(-c4ccccc4)cc3)c3ccccc3-c3c(-n4c5ccccc5c5ccccc54)ccc4ccccc34)c21. The van der Waals surface area contributed by atoms with Gasteiger partial charge in [0.15, 0.2) is 0 Å². The maximum atomic E-state index is 2.52. The second-order valence-corrected chi connectivity index (χ2v) is 15.7. The lowest BCUT2D eigenvalue weighted by Gasteiger charge is -2.34. The Balaban J connectivity index is 1.22. The zero-order valence-electron chi connectivity index (χ0n) is 32.0. The number of nitrogens with zero attached hydrogens (tertiary/aromatic N) is 2. The van der Waals surface area contributed by atoms with E-state index in [9.17, 15) is 0 Å². The Morgan fingerprint density at radius 2 is 0.965 bits per heavy atom. The molecule has 11 rings (SSSR count). The van der Waals surface area contributed by atoms with Gasteiger partial charge in [-0.2, -0.15) is 0 Å². The van der Waals surface area contributed by atoms with Crippen LogP contribution in [-0.2, 0) is 5.41 Å². The number of para-hydroxylation sites is 3. The number of aromatic nitrogens is 1. The molecule has 270 valence electrons. The lowest BCUT2D eigenvalue weighted by Crippen LogP contribution is -2.21. The average molecular weight is 729 g/mol. The highest BCUT2D eigenvalue weighted by molar-refractivity contribution is 6.12. The number of rotatable bonds is 6. The maximum Gasteiger partial charge on any atom is 0.0547 e. The van der Waals surface area contributed by atoms with Gasteiger partial charge in [0.05, 0.1) is 28.1 Å². The fourth-order valence-electron chi connectivity index (χ4n) is 9.64. The van der Waals surface area contributed by atoms with Crippen LogP contribution in [0.5, 0.6) is 0 Å². The Morgan fingerprint density at radius 3 is 1.72 bits per heavy atom. The van der Waals surface area contributed by atoms with Crippen LogP contribution in [0.2, 0.25) is 0 Å². The van der Waals surface area contributed by atoms with E-state index in [0.717, 1.165) is 17.1 Å². The van der Waals surface area contributed by atoms with Crippen molar-refractivity contribution in [3.63, 3.8) is 0 Å². The molecule has 0 unspecified atom stereocenters. The van der Waals surface area contributed by atoms with Gasteiger partial charge in [0.2, 0.25) is 0 Å². The van der Waals surface area contributed by atoms with Gasteiger partial charge in [0, 0.05) is 33.0 Å². The van der Waals surface area contributed by atoms with Crippen molar-refractivity contribution in [2.45, 2.75) is 19.3 Å². The summed E-state index contributed by atoms with van der Waals surface area (Å²) in [6.45, 7) is 4.77. The summed E-state index contributed by atoms with van der Waals surface area (Å²) in [5, 5.41) is 4.93. The van der Waals surface area contributed by atoms with Crippen molar-refractivity contribution in [3.05, 3.63) is 217 Å².